The Kier molecular flexibility index (Phi) is 7.88. The zero-order chi connectivity index (χ0) is 26.8. The van der Waals surface area contributed by atoms with E-state index < -0.39 is 0 Å². The number of aromatic nitrogens is 2. The molecule has 0 aliphatic carbocycles. The topological polar surface area (TPSA) is 89.6 Å². The minimum Gasteiger partial charge on any atom is -0.462 e. The van der Waals surface area contributed by atoms with Crippen molar-refractivity contribution in [3.8, 4) is 10.6 Å². The van der Waals surface area contributed by atoms with Crippen LogP contribution in [0.1, 0.15) is 60.2 Å². The lowest BCUT2D eigenvalue weighted by Gasteiger charge is -2.34. The highest BCUT2D eigenvalue weighted by Crippen LogP contribution is 2.32. The van der Waals surface area contributed by atoms with Gasteiger partial charge >= 0.3 is 5.97 Å². The van der Waals surface area contributed by atoms with Crippen molar-refractivity contribution in [2.45, 2.75) is 52.2 Å². The predicted molar refractivity (Wildman–Crippen MR) is 149 cm³/mol. The summed E-state index contributed by atoms with van der Waals surface area (Å²) in [5, 5.41) is 8.27. The van der Waals surface area contributed by atoms with Gasteiger partial charge in [0, 0.05) is 42.1 Å². The molecule has 4 aromatic rings. The fourth-order valence-electron chi connectivity index (χ4n) is 4.90. The molecule has 1 aliphatic heterocycles. The molecule has 4 heterocycles. The van der Waals surface area contributed by atoms with Crippen LogP contribution in [0.15, 0.2) is 47.0 Å². The quantitative estimate of drug-likeness (QED) is 0.275. The van der Waals surface area contributed by atoms with Gasteiger partial charge in [-0.1, -0.05) is 16.8 Å². The predicted octanol–water partition coefficient (Wildman–Crippen LogP) is 5.84. The van der Waals surface area contributed by atoms with Crippen molar-refractivity contribution < 1.29 is 18.8 Å². The number of ether oxygens (including phenoxy) is 1. The summed E-state index contributed by atoms with van der Waals surface area (Å²) in [6.07, 6.45) is 1.82. The third-order valence-electron chi connectivity index (χ3n) is 6.94. The molecule has 0 spiro atoms. The van der Waals surface area contributed by atoms with Gasteiger partial charge in [0.1, 0.15) is 11.4 Å². The second-order valence-corrected chi connectivity index (χ2v) is 11.5. The molecule has 0 saturated carbocycles. The van der Waals surface area contributed by atoms with Crippen LogP contribution < -0.4 is 5.32 Å². The lowest BCUT2D eigenvalue weighted by atomic mass is 10.0. The van der Waals surface area contributed by atoms with Crippen LogP contribution in [0, 0.1) is 0 Å². The summed E-state index contributed by atoms with van der Waals surface area (Å²) < 4.78 is 13.3. The van der Waals surface area contributed by atoms with Crippen LogP contribution in [0.4, 0.5) is 0 Å². The number of carbonyl (C=O) groups excluding carboxylic acids is 2. The Morgan fingerprint density at radius 3 is 2.66 bits per heavy atom. The monoisotopic (exact) mass is 554 g/mol. The summed E-state index contributed by atoms with van der Waals surface area (Å²) in [7, 11) is 0. The Labute approximate surface area is 230 Å². The molecule has 5 rings (SSSR count). The molecule has 3 aromatic heterocycles. The maximum atomic E-state index is 13.6. The van der Waals surface area contributed by atoms with Gasteiger partial charge in [0.2, 0.25) is 0 Å². The minimum atomic E-state index is -0.388. The molecule has 1 aliphatic rings. The van der Waals surface area contributed by atoms with E-state index in [0.29, 0.717) is 46.2 Å². The first kappa shape index (κ1) is 26.5. The van der Waals surface area contributed by atoms with Gasteiger partial charge in [-0.3, -0.25) is 4.79 Å². The number of nitrogens with one attached hydrogen (secondary N) is 1. The molecule has 1 saturated heterocycles. The zero-order valence-electron chi connectivity index (χ0n) is 21.7. The molecule has 0 atom stereocenters. The number of thiophene rings is 1. The van der Waals surface area contributed by atoms with Crippen molar-refractivity contribution in [2.24, 2.45) is 0 Å². The summed E-state index contributed by atoms with van der Waals surface area (Å²) in [4.78, 5) is 29.2. The lowest BCUT2D eigenvalue weighted by Crippen LogP contribution is -2.46. The van der Waals surface area contributed by atoms with Gasteiger partial charge in [-0.05, 0) is 70.0 Å². The number of hydrogen-bond acceptors (Lipinski definition) is 7. The van der Waals surface area contributed by atoms with Crippen LogP contribution >= 0.6 is 22.9 Å². The zero-order valence-corrected chi connectivity index (χ0v) is 23.3. The first-order valence-electron chi connectivity index (χ1n) is 12.9. The number of likely N-dealkylation sites (tertiary alicyclic amines) is 1. The fraction of sp³-hybridized carbons (Fsp3) is 0.393. The molecule has 1 fully saturated rings. The Morgan fingerprint density at radius 2 is 1.97 bits per heavy atom. The molecule has 200 valence electrons. The first-order valence-corrected chi connectivity index (χ1v) is 14.1. The number of esters is 1. The van der Waals surface area contributed by atoms with Gasteiger partial charge in [-0.25, -0.2) is 4.79 Å². The molecule has 8 nitrogen and oxygen atoms in total. The average molecular weight is 555 g/mol. The molecular weight excluding hydrogens is 524 g/mol. The number of benzene rings is 1. The maximum absolute atomic E-state index is 13.6. The van der Waals surface area contributed by atoms with Crippen molar-refractivity contribution >= 4 is 45.7 Å². The van der Waals surface area contributed by atoms with Crippen molar-refractivity contribution in [1.82, 2.24) is 19.9 Å². The third-order valence-corrected chi connectivity index (χ3v) is 8.18. The average Bonchev–Trinajstić information content (AvgIpc) is 3.63. The first-order chi connectivity index (χ1) is 18.3. The second kappa shape index (κ2) is 11.3. The van der Waals surface area contributed by atoms with E-state index in [0.717, 1.165) is 41.7 Å². The summed E-state index contributed by atoms with van der Waals surface area (Å²) in [6.45, 7) is 8.72. The lowest BCUT2D eigenvalue weighted by molar-refractivity contribution is 0.0526. The van der Waals surface area contributed by atoms with Crippen LogP contribution in [-0.2, 0) is 11.3 Å². The standard InChI is InChI=1S/C28H31ClN4O4S/c1-4-36-28(35)18-5-6-22-19(13-18)14-23(27(34)30-20-9-11-32(12-10-20)17(2)3)33(22)16-21-15-24(37-31-21)25-7-8-26(29)38-25/h5-8,13-15,17,20H,4,9-12,16H2,1-3H3,(H,30,34). The number of piperidine rings is 1. The normalized spacial score (nSPS) is 14.9. The van der Waals surface area contributed by atoms with Crippen LogP contribution in [0.2, 0.25) is 4.34 Å². The van der Waals surface area contributed by atoms with Gasteiger partial charge in [-0.2, -0.15) is 0 Å². The van der Waals surface area contributed by atoms with Gasteiger partial charge < -0.3 is 24.0 Å². The minimum absolute atomic E-state index is 0.112. The summed E-state index contributed by atoms with van der Waals surface area (Å²) in [6, 6.07) is 13.4. The Balaban J connectivity index is 1.44. The number of fused-ring (bicyclic) bond motifs is 1. The van der Waals surface area contributed by atoms with Gasteiger partial charge in [0.05, 0.1) is 27.9 Å². The molecule has 0 radical (unpaired) electrons. The Hall–Kier alpha value is -3.14. The van der Waals surface area contributed by atoms with Crippen molar-refractivity contribution in [3.63, 3.8) is 0 Å². The van der Waals surface area contributed by atoms with Crippen molar-refractivity contribution in [1.29, 1.82) is 0 Å². The number of nitrogens with zero attached hydrogens (tertiary/aromatic N) is 3. The highest BCUT2D eigenvalue weighted by atomic mass is 35.5. The van der Waals surface area contributed by atoms with E-state index in [1.807, 2.05) is 34.9 Å². The van der Waals surface area contributed by atoms with Crippen LogP contribution in [-0.4, -0.2) is 58.3 Å². The third kappa shape index (κ3) is 5.65. The maximum Gasteiger partial charge on any atom is 0.338 e. The van der Waals surface area contributed by atoms with Gasteiger partial charge in [0.15, 0.2) is 5.76 Å². The molecule has 0 unspecified atom stereocenters. The number of halogens is 1. The van der Waals surface area contributed by atoms with Gasteiger partial charge in [-0.15, -0.1) is 11.3 Å². The van der Waals surface area contributed by atoms with Crippen LogP contribution in [0.25, 0.3) is 21.5 Å². The van der Waals surface area contributed by atoms with Crippen LogP contribution in [0.3, 0.4) is 0 Å². The smallest absolute Gasteiger partial charge is 0.338 e. The SMILES string of the molecule is CCOC(=O)c1ccc2c(c1)cc(C(=O)NC1CCN(C(C)C)CC1)n2Cc1cc(-c2ccc(Cl)s2)on1. The Morgan fingerprint density at radius 1 is 1.18 bits per heavy atom. The second-order valence-electron chi connectivity index (χ2n) is 9.77. The van der Waals surface area contributed by atoms with E-state index >= 15 is 0 Å². The molecular formula is C28H31ClN4O4S. The van der Waals surface area contributed by atoms with Crippen LogP contribution in [0.5, 0.6) is 0 Å². The van der Waals surface area contributed by atoms with E-state index in [1.165, 1.54) is 11.3 Å². The van der Waals surface area contributed by atoms with E-state index in [4.69, 9.17) is 20.9 Å². The van der Waals surface area contributed by atoms with Gasteiger partial charge in [0.25, 0.3) is 5.91 Å². The molecule has 1 aromatic carbocycles. The molecule has 1 N–H and O–H groups in total. The molecule has 38 heavy (non-hydrogen) atoms. The molecule has 0 bridgehead atoms. The largest absolute Gasteiger partial charge is 0.462 e. The summed E-state index contributed by atoms with van der Waals surface area (Å²) in [5.41, 5.74) is 2.45. The number of amides is 1. The number of rotatable bonds is 8. The highest BCUT2D eigenvalue weighted by molar-refractivity contribution is 7.19. The van der Waals surface area contributed by atoms with E-state index in [1.54, 1.807) is 19.1 Å². The molecule has 1 amide bonds. The summed E-state index contributed by atoms with van der Waals surface area (Å²) >= 11 is 7.50. The highest BCUT2D eigenvalue weighted by Gasteiger charge is 2.25. The van der Waals surface area contributed by atoms with Crippen molar-refractivity contribution in [3.05, 3.63) is 63.8 Å². The van der Waals surface area contributed by atoms with E-state index in [9.17, 15) is 9.59 Å². The fourth-order valence-corrected chi connectivity index (χ4v) is 5.89. The number of hydrogen-bond donors (Lipinski definition) is 1. The summed E-state index contributed by atoms with van der Waals surface area (Å²) in [5.74, 6) is 0.0947. The van der Waals surface area contributed by atoms with Crippen molar-refractivity contribution in [2.75, 3.05) is 19.7 Å². The Bertz CT molecular complexity index is 1450. The molecule has 10 heteroatoms. The van der Waals surface area contributed by atoms with E-state index in [2.05, 4.69) is 29.2 Å². The van der Waals surface area contributed by atoms with E-state index in [-0.39, 0.29) is 17.9 Å². The number of carbonyl (C=O) groups is 2.